The minimum Gasteiger partial charge on any atom is -0.383 e. The van der Waals surface area contributed by atoms with Crippen LogP contribution in [0.25, 0.3) is 0 Å². The average Bonchev–Trinajstić information content (AvgIpc) is 3.37. The standard InChI is InChI=1S/C18H29BrN4O/c1-20-17(21-9-10-23(2)11-12-24-3)22-14-18(7-8-18)15-5-4-6-16(19)13-15/h4-6,13H,7-12,14H2,1-3H3,(H2,20,21,22). The van der Waals surface area contributed by atoms with Crippen LogP contribution in [-0.4, -0.2) is 64.9 Å². The molecule has 24 heavy (non-hydrogen) atoms. The normalized spacial score (nSPS) is 16.3. The molecule has 0 aliphatic heterocycles. The van der Waals surface area contributed by atoms with Crippen molar-refractivity contribution in [3.05, 3.63) is 34.3 Å². The lowest BCUT2D eigenvalue weighted by Gasteiger charge is -2.21. The van der Waals surface area contributed by atoms with Crippen LogP contribution in [0.15, 0.2) is 33.7 Å². The Kier molecular flexibility index (Phi) is 7.52. The highest BCUT2D eigenvalue weighted by Gasteiger charge is 2.44. The summed E-state index contributed by atoms with van der Waals surface area (Å²) in [5, 5.41) is 6.87. The lowest BCUT2D eigenvalue weighted by Crippen LogP contribution is -2.43. The largest absolute Gasteiger partial charge is 0.383 e. The van der Waals surface area contributed by atoms with Crippen LogP contribution >= 0.6 is 15.9 Å². The second-order valence-electron chi connectivity index (χ2n) is 6.44. The molecule has 134 valence electrons. The maximum Gasteiger partial charge on any atom is 0.191 e. The fraction of sp³-hybridized carbons (Fsp3) is 0.611. The van der Waals surface area contributed by atoms with Crippen molar-refractivity contribution in [1.29, 1.82) is 0 Å². The average molecular weight is 397 g/mol. The first-order valence-corrected chi connectivity index (χ1v) is 9.27. The number of nitrogens with zero attached hydrogens (tertiary/aromatic N) is 2. The number of halogens is 1. The Morgan fingerprint density at radius 1 is 1.33 bits per heavy atom. The molecule has 6 heteroatoms. The van der Waals surface area contributed by atoms with Gasteiger partial charge >= 0.3 is 0 Å². The summed E-state index contributed by atoms with van der Waals surface area (Å²) in [6.07, 6.45) is 2.46. The van der Waals surface area contributed by atoms with Crippen molar-refractivity contribution in [2.24, 2.45) is 4.99 Å². The van der Waals surface area contributed by atoms with Gasteiger partial charge < -0.3 is 20.3 Å². The molecular formula is C18H29BrN4O. The summed E-state index contributed by atoms with van der Waals surface area (Å²) in [6, 6.07) is 8.64. The van der Waals surface area contributed by atoms with Crippen LogP contribution in [0.3, 0.4) is 0 Å². The first kappa shape index (κ1) is 19.2. The van der Waals surface area contributed by atoms with Crippen LogP contribution in [0.4, 0.5) is 0 Å². The minimum absolute atomic E-state index is 0.261. The highest BCUT2D eigenvalue weighted by atomic mass is 79.9. The molecule has 1 aromatic rings. The van der Waals surface area contributed by atoms with Crippen LogP contribution in [-0.2, 0) is 10.2 Å². The SMILES string of the molecule is CN=C(NCCN(C)CCOC)NCC1(c2cccc(Br)c2)CC1. The lowest BCUT2D eigenvalue weighted by atomic mass is 9.96. The highest BCUT2D eigenvalue weighted by molar-refractivity contribution is 9.10. The van der Waals surface area contributed by atoms with Crippen LogP contribution < -0.4 is 10.6 Å². The van der Waals surface area contributed by atoms with E-state index in [1.165, 1.54) is 18.4 Å². The van der Waals surface area contributed by atoms with Gasteiger partial charge in [-0.3, -0.25) is 4.99 Å². The third-order valence-electron chi connectivity index (χ3n) is 4.57. The van der Waals surface area contributed by atoms with Crippen molar-refractivity contribution in [2.75, 3.05) is 54.0 Å². The van der Waals surface area contributed by atoms with E-state index in [0.29, 0.717) is 0 Å². The molecule has 1 saturated carbocycles. The highest BCUT2D eigenvalue weighted by Crippen LogP contribution is 2.48. The van der Waals surface area contributed by atoms with Crippen molar-refractivity contribution < 1.29 is 4.74 Å². The smallest absolute Gasteiger partial charge is 0.191 e. The minimum atomic E-state index is 0.261. The molecule has 5 nitrogen and oxygen atoms in total. The molecule has 1 aliphatic rings. The lowest BCUT2D eigenvalue weighted by molar-refractivity contribution is 0.162. The summed E-state index contributed by atoms with van der Waals surface area (Å²) in [5.41, 5.74) is 1.66. The molecule has 0 saturated heterocycles. The summed E-state index contributed by atoms with van der Waals surface area (Å²) in [5.74, 6) is 0.872. The summed E-state index contributed by atoms with van der Waals surface area (Å²) in [7, 11) is 5.66. The van der Waals surface area contributed by atoms with E-state index in [9.17, 15) is 0 Å². The zero-order valence-electron chi connectivity index (χ0n) is 14.9. The topological polar surface area (TPSA) is 48.9 Å². The Hall–Kier alpha value is -1.11. The fourth-order valence-electron chi connectivity index (χ4n) is 2.73. The van der Waals surface area contributed by atoms with Gasteiger partial charge in [-0.25, -0.2) is 0 Å². The van der Waals surface area contributed by atoms with Gasteiger partial charge in [0.2, 0.25) is 0 Å². The molecule has 2 N–H and O–H groups in total. The van der Waals surface area contributed by atoms with Gasteiger partial charge in [0, 0.05) is 50.2 Å². The summed E-state index contributed by atoms with van der Waals surface area (Å²) in [6.45, 7) is 4.45. The van der Waals surface area contributed by atoms with E-state index in [1.807, 2.05) is 7.05 Å². The zero-order valence-corrected chi connectivity index (χ0v) is 16.5. The Labute approximate surface area is 154 Å². The van der Waals surface area contributed by atoms with E-state index < -0.39 is 0 Å². The summed E-state index contributed by atoms with van der Waals surface area (Å²) >= 11 is 3.57. The van der Waals surface area contributed by atoms with Gasteiger partial charge in [0.05, 0.1) is 6.61 Å². The van der Waals surface area contributed by atoms with E-state index >= 15 is 0 Å². The van der Waals surface area contributed by atoms with E-state index in [-0.39, 0.29) is 5.41 Å². The van der Waals surface area contributed by atoms with Gasteiger partial charge in [-0.2, -0.15) is 0 Å². The number of benzene rings is 1. The van der Waals surface area contributed by atoms with E-state index in [1.54, 1.807) is 7.11 Å². The number of hydrogen-bond donors (Lipinski definition) is 2. The van der Waals surface area contributed by atoms with Crippen LogP contribution in [0.5, 0.6) is 0 Å². The molecule has 2 rings (SSSR count). The van der Waals surface area contributed by atoms with Gasteiger partial charge in [-0.1, -0.05) is 28.1 Å². The van der Waals surface area contributed by atoms with Crippen molar-refractivity contribution >= 4 is 21.9 Å². The molecule has 0 aromatic heterocycles. The molecule has 1 fully saturated rings. The predicted octanol–water partition coefficient (Wildman–Crippen LogP) is 2.22. The number of likely N-dealkylation sites (N-methyl/N-ethyl adjacent to an activating group) is 1. The first-order chi connectivity index (χ1) is 11.6. The summed E-state index contributed by atoms with van der Waals surface area (Å²) < 4.78 is 6.24. The second-order valence-corrected chi connectivity index (χ2v) is 7.35. The maximum absolute atomic E-state index is 5.09. The Morgan fingerprint density at radius 2 is 2.12 bits per heavy atom. The quantitative estimate of drug-likeness (QED) is 0.496. The van der Waals surface area contributed by atoms with Gasteiger partial charge in [0.25, 0.3) is 0 Å². The van der Waals surface area contributed by atoms with Crippen molar-refractivity contribution in [3.63, 3.8) is 0 Å². The number of ether oxygens (including phenoxy) is 1. The number of guanidine groups is 1. The monoisotopic (exact) mass is 396 g/mol. The molecule has 0 unspecified atom stereocenters. The third-order valence-corrected chi connectivity index (χ3v) is 5.06. The summed E-state index contributed by atoms with van der Waals surface area (Å²) in [4.78, 5) is 6.57. The number of rotatable bonds is 9. The Morgan fingerprint density at radius 3 is 2.75 bits per heavy atom. The molecule has 0 amide bonds. The Balaban J connectivity index is 1.76. The number of hydrogen-bond acceptors (Lipinski definition) is 3. The van der Waals surface area contributed by atoms with Crippen LogP contribution in [0.2, 0.25) is 0 Å². The van der Waals surface area contributed by atoms with Gasteiger partial charge in [-0.15, -0.1) is 0 Å². The van der Waals surface area contributed by atoms with Gasteiger partial charge in [0.15, 0.2) is 5.96 Å². The molecule has 1 aliphatic carbocycles. The maximum atomic E-state index is 5.09. The molecule has 0 radical (unpaired) electrons. The van der Waals surface area contributed by atoms with Crippen LogP contribution in [0.1, 0.15) is 18.4 Å². The second kappa shape index (κ2) is 9.39. The zero-order chi connectivity index (χ0) is 17.4. The van der Waals surface area contributed by atoms with Crippen molar-refractivity contribution in [2.45, 2.75) is 18.3 Å². The molecule has 0 atom stereocenters. The molecule has 0 spiro atoms. The molecule has 0 bridgehead atoms. The Bertz CT molecular complexity index is 546. The van der Waals surface area contributed by atoms with E-state index in [0.717, 1.165) is 43.2 Å². The fourth-order valence-corrected chi connectivity index (χ4v) is 3.13. The van der Waals surface area contributed by atoms with Gasteiger partial charge in [0.1, 0.15) is 0 Å². The molecule has 1 aromatic carbocycles. The van der Waals surface area contributed by atoms with E-state index in [2.05, 4.69) is 67.8 Å². The molecular weight excluding hydrogens is 368 g/mol. The first-order valence-electron chi connectivity index (χ1n) is 8.48. The number of methoxy groups -OCH3 is 1. The molecule has 0 heterocycles. The number of aliphatic imine (C=N–C) groups is 1. The van der Waals surface area contributed by atoms with E-state index in [4.69, 9.17) is 4.74 Å². The van der Waals surface area contributed by atoms with Crippen molar-refractivity contribution in [3.8, 4) is 0 Å². The third kappa shape index (κ3) is 5.76. The predicted molar refractivity (Wildman–Crippen MR) is 104 cm³/mol. The van der Waals surface area contributed by atoms with Crippen molar-refractivity contribution in [1.82, 2.24) is 15.5 Å². The van der Waals surface area contributed by atoms with Crippen LogP contribution in [0, 0.1) is 0 Å². The van der Waals surface area contributed by atoms with Gasteiger partial charge in [-0.05, 0) is 37.6 Å². The number of nitrogens with one attached hydrogen (secondary N) is 2.